The maximum Gasteiger partial charge on any atom is 0.246 e. The van der Waals surface area contributed by atoms with Crippen LogP contribution in [0.25, 0.3) is 0 Å². The molecule has 3 fully saturated rings. The highest BCUT2D eigenvalue weighted by atomic mass is 16.5. The van der Waals surface area contributed by atoms with E-state index in [1.54, 1.807) is 0 Å². The number of nitrogens with zero attached hydrogens (tertiary/aromatic N) is 1. The van der Waals surface area contributed by atoms with Crippen LogP contribution in [0.2, 0.25) is 0 Å². The molecule has 3 rings (SSSR count). The molecule has 3 N–H and O–H groups in total. The first-order valence-corrected chi connectivity index (χ1v) is 10.9. The zero-order valence-electron chi connectivity index (χ0n) is 18.2. The molecule has 0 saturated carbocycles. The van der Waals surface area contributed by atoms with Gasteiger partial charge in [-0.3, -0.25) is 14.4 Å². The molecular formula is C21H35N3O5. The molecule has 1 spiro atoms. The summed E-state index contributed by atoms with van der Waals surface area (Å²) in [6.07, 6.45) is 2.48. The fourth-order valence-corrected chi connectivity index (χ4v) is 5.59. The van der Waals surface area contributed by atoms with Gasteiger partial charge in [-0.1, -0.05) is 13.8 Å². The summed E-state index contributed by atoms with van der Waals surface area (Å²) in [4.78, 5) is 41.4. The second-order valence-electron chi connectivity index (χ2n) is 9.17. The smallest absolute Gasteiger partial charge is 0.246 e. The Morgan fingerprint density at radius 1 is 1.28 bits per heavy atom. The Labute approximate surface area is 172 Å². The third-order valence-electron chi connectivity index (χ3n) is 6.80. The van der Waals surface area contributed by atoms with Gasteiger partial charge in [-0.15, -0.1) is 0 Å². The number of carbonyl (C=O) groups is 3. The van der Waals surface area contributed by atoms with Crippen LogP contribution in [0.1, 0.15) is 60.3 Å². The number of fused-ring (bicyclic) bond motifs is 1. The van der Waals surface area contributed by atoms with E-state index in [1.807, 2.05) is 34.6 Å². The largest absolute Gasteiger partial charge is 0.394 e. The van der Waals surface area contributed by atoms with Crippen LogP contribution in [-0.4, -0.2) is 70.2 Å². The Kier molecular flexibility index (Phi) is 5.98. The van der Waals surface area contributed by atoms with Crippen LogP contribution in [0.15, 0.2) is 0 Å². The third kappa shape index (κ3) is 3.24. The van der Waals surface area contributed by atoms with E-state index in [1.165, 1.54) is 4.90 Å². The molecule has 6 atom stereocenters. The van der Waals surface area contributed by atoms with Crippen LogP contribution in [0.3, 0.4) is 0 Å². The molecule has 0 aromatic carbocycles. The summed E-state index contributed by atoms with van der Waals surface area (Å²) in [6.45, 7) is 9.77. The molecule has 2 unspecified atom stereocenters. The summed E-state index contributed by atoms with van der Waals surface area (Å²) in [5.74, 6) is -2.06. The van der Waals surface area contributed by atoms with Crippen LogP contribution in [0.4, 0.5) is 0 Å². The minimum Gasteiger partial charge on any atom is -0.394 e. The van der Waals surface area contributed by atoms with E-state index in [0.29, 0.717) is 25.8 Å². The van der Waals surface area contributed by atoms with Gasteiger partial charge in [-0.25, -0.2) is 0 Å². The molecule has 3 aliphatic rings. The fraction of sp³-hybridized carbons (Fsp3) is 0.857. The van der Waals surface area contributed by atoms with Gasteiger partial charge in [0, 0.05) is 12.6 Å². The maximum atomic E-state index is 13.6. The van der Waals surface area contributed by atoms with Crippen molar-refractivity contribution >= 4 is 17.7 Å². The van der Waals surface area contributed by atoms with E-state index in [-0.39, 0.29) is 30.4 Å². The second-order valence-corrected chi connectivity index (χ2v) is 9.17. The molecule has 0 aromatic heterocycles. The van der Waals surface area contributed by atoms with E-state index < -0.39 is 35.1 Å². The number of likely N-dealkylation sites (tertiary alicyclic amines) is 1. The van der Waals surface area contributed by atoms with Gasteiger partial charge in [0.1, 0.15) is 11.6 Å². The van der Waals surface area contributed by atoms with Gasteiger partial charge in [0.05, 0.1) is 30.1 Å². The van der Waals surface area contributed by atoms with Crippen molar-refractivity contribution < 1.29 is 24.2 Å². The highest BCUT2D eigenvalue weighted by molar-refractivity contribution is 5.99. The van der Waals surface area contributed by atoms with Crippen LogP contribution in [-0.2, 0) is 19.1 Å². The first-order valence-electron chi connectivity index (χ1n) is 10.9. The van der Waals surface area contributed by atoms with E-state index in [9.17, 15) is 19.5 Å². The van der Waals surface area contributed by atoms with Gasteiger partial charge in [-0.2, -0.15) is 0 Å². The highest BCUT2D eigenvalue weighted by Gasteiger charge is 2.78. The Hall–Kier alpha value is -1.67. The zero-order chi connectivity index (χ0) is 21.6. The lowest BCUT2D eigenvalue weighted by atomic mass is 9.66. The summed E-state index contributed by atoms with van der Waals surface area (Å²) in [6, 6.07) is -1.42. The average molecular weight is 410 g/mol. The predicted molar refractivity (Wildman–Crippen MR) is 107 cm³/mol. The molecule has 2 bridgehead atoms. The van der Waals surface area contributed by atoms with Crippen LogP contribution < -0.4 is 10.6 Å². The van der Waals surface area contributed by atoms with E-state index >= 15 is 0 Å². The maximum absolute atomic E-state index is 13.6. The van der Waals surface area contributed by atoms with Crippen molar-refractivity contribution in [2.24, 2.45) is 11.8 Å². The number of aliphatic hydroxyl groups is 1. The third-order valence-corrected chi connectivity index (χ3v) is 6.80. The first kappa shape index (κ1) is 22.0. The molecule has 8 nitrogen and oxygen atoms in total. The molecule has 0 aliphatic carbocycles. The van der Waals surface area contributed by atoms with Crippen LogP contribution in [0, 0.1) is 11.8 Å². The number of hydrogen-bond donors (Lipinski definition) is 3. The van der Waals surface area contributed by atoms with Gasteiger partial charge >= 0.3 is 0 Å². The zero-order valence-corrected chi connectivity index (χ0v) is 18.2. The lowest BCUT2D eigenvalue weighted by Crippen LogP contribution is -2.58. The molecule has 29 heavy (non-hydrogen) atoms. The molecule has 3 aliphatic heterocycles. The molecule has 3 amide bonds. The number of rotatable bonds is 8. The highest BCUT2D eigenvalue weighted by Crippen LogP contribution is 2.63. The number of hydrogen-bond acceptors (Lipinski definition) is 5. The Morgan fingerprint density at radius 3 is 2.52 bits per heavy atom. The van der Waals surface area contributed by atoms with Gasteiger partial charge in [0.2, 0.25) is 17.7 Å². The molecular weight excluding hydrogens is 374 g/mol. The first-order chi connectivity index (χ1) is 13.7. The number of nitrogens with one attached hydrogen (secondary N) is 2. The van der Waals surface area contributed by atoms with Crippen LogP contribution in [0.5, 0.6) is 0 Å². The summed E-state index contributed by atoms with van der Waals surface area (Å²) in [5, 5.41) is 15.8. The van der Waals surface area contributed by atoms with Crippen molar-refractivity contribution in [2.75, 3.05) is 13.2 Å². The second kappa shape index (κ2) is 7.87. The minimum absolute atomic E-state index is 0.0954. The van der Waals surface area contributed by atoms with Crippen molar-refractivity contribution in [3.05, 3.63) is 0 Å². The molecule has 164 valence electrons. The fourth-order valence-electron chi connectivity index (χ4n) is 5.59. The van der Waals surface area contributed by atoms with Crippen molar-refractivity contribution in [2.45, 2.75) is 89.6 Å². The van der Waals surface area contributed by atoms with Gasteiger partial charge < -0.3 is 25.4 Å². The SMILES string of the molecule is CCCNC(=O)[C@@H]1[C@H]2C(=O)N([C@@H](CC)CO)C(C(=O)NC(C)C)C23CC[C@@]1(C)O3. The number of aliphatic hydroxyl groups excluding tert-OH is 1. The van der Waals surface area contributed by atoms with Gasteiger partial charge in [0.25, 0.3) is 0 Å². The lowest BCUT2D eigenvalue weighted by Gasteiger charge is -2.37. The van der Waals surface area contributed by atoms with E-state index in [4.69, 9.17) is 4.74 Å². The molecule has 0 aromatic rings. The van der Waals surface area contributed by atoms with E-state index in [0.717, 1.165) is 6.42 Å². The molecule has 8 heteroatoms. The quantitative estimate of drug-likeness (QED) is 0.543. The number of amides is 3. The molecule has 3 heterocycles. The Balaban J connectivity index is 2.06. The predicted octanol–water partition coefficient (Wildman–Crippen LogP) is 0.573. The normalized spacial score (nSPS) is 36.4. The Bertz CT molecular complexity index is 679. The monoisotopic (exact) mass is 409 g/mol. The van der Waals surface area contributed by atoms with Gasteiger partial charge in [-0.05, 0) is 46.5 Å². The average Bonchev–Trinajstić information content (AvgIpc) is 3.22. The molecule has 3 saturated heterocycles. The summed E-state index contributed by atoms with van der Waals surface area (Å²) >= 11 is 0. The van der Waals surface area contributed by atoms with Crippen molar-refractivity contribution in [1.82, 2.24) is 15.5 Å². The number of carbonyl (C=O) groups excluding carboxylic acids is 3. The van der Waals surface area contributed by atoms with Crippen molar-refractivity contribution in [3.63, 3.8) is 0 Å². The van der Waals surface area contributed by atoms with Crippen molar-refractivity contribution in [3.8, 4) is 0 Å². The summed E-state index contributed by atoms with van der Waals surface area (Å²) in [5.41, 5.74) is -1.79. The van der Waals surface area contributed by atoms with E-state index in [2.05, 4.69) is 10.6 Å². The Morgan fingerprint density at radius 2 is 1.97 bits per heavy atom. The number of ether oxygens (including phenoxy) is 1. The van der Waals surface area contributed by atoms with Crippen LogP contribution >= 0.6 is 0 Å². The molecule has 0 radical (unpaired) electrons. The lowest BCUT2D eigenvalue weighted by molar-refractivity contribution is -0.150. The standard InChI is InChI=1S/C21H35N3O5/c1-6-10-22-17(26)14-15-19(28)24(13(7-2)11-25)16(18(27)23-12(3)4)21(15)9-8-20(14,5)29-21/h12-16,25H,6-11H2,1-5H3,(H,22,26)(H,23,27)/t13-,14-,15-,16?,20+,21?/m0/s1. The van der Waals surface area contributed by atoms with Gasteiger partial charge in [0.15, 0.2) is 0 Å². The van der Waals surface area contributed by atoms with Crippen molar-refractivity contribution in [1.29, 1.82) is 0 Å². The minimum atomic E-state index is -1.03. The summed E-state index contributed by atoms with van der Waals surface area (Å²) < 4.78 is 6.47. The summed E-state index contributed by atoms with van der Waals surface area (Å²) in [7, 11) is 0. The topological polar surface area (TPSA) is 108 Å².